The van der Waals surface area contributed by atoms with Crippen LogP contribution in [0.15, 0.2) is 5.10 Å². The number of carboxylic acid groups (broad SMARTS) is 1. The van der Waals surface area contributed by atoms with Crippen molar-refractivity contribution < 1.29 is 14.7 Å². The van der Waals surface area contributed by atoms with Gasteiger partial charge in [-0.1, -0.05) is 0 Å². The zero-order valence-corrected chi connectivity index (χ0v) is 5.83. The predicted octanol–water partition coefficient (Wildman–Crippen LogP) is -0.273. The van der Waals surface area contributed by atoms with E-state index in [1.54, 1.807) is 0 Å². The van der Waals surface area contributed by atoms with Crippen molar-refractivity contribution in [1.29, 1.82) is 0 Å². The third-order valence-electron chi connectivity index (χ3n) is 1.33. The summed E-state index contributed by atoms with van der Waals surface area (Å²) >= 11 is 0. The molecule has 0 atom stereocenters. The van der Waals surface area contributed by atoms with Crippen molar-refractivity contribution in [2.45, 2.75) is 19.3 Å². The van der Waals surface area contributed by atoms with Gasteiger partial charge < -0.3 is 5.11 Å². The quantitative estimate of drug-likeness (QED) is 0.590. The molecule has 0 aromatic rings. The Kier molecular flexibility index (Phi) is 2.20. The molecule has 5 heteroatoms. The molecule has 0 bridgehead atoms. The number of hydrogen-bond acceptors (Lipinski definition) is 3. The Morgan fingerprint density at radius 3 is 2.91 bits per heavy atom. The molecule has 0 aromatic carbocycles. The molecule has 1 aliphatic rings. The number of carboxylic acids is 1. The second-order valence-electron chi connectivity index (χ2n) is 2.28. The van der Waals surface area contributed by atoms with Crippen LogP contribution in [-0.4, -0.2) is 22.7 Å². The number of nitrogens with one attached hydrogen (secondary N) is 1. The fourth-order valence-electron chi connectivity index (χ4n) is 0.801. The predicted molar refractivity (Wildman–Crippen MR) is 37.1 cm³/mol. The Bertz CT molecular complexity index is 222. The molecule has 60 valence electrons. The Morgan fingerprint density at radius 1 is 1.73 bits per heavy atom. The van der Waals surface area contributed by atoms with Crippen LogP contribution in [0.2, 0.25) is 0 Å². The molecule has 2 N–H and O–H groups in total. The smallest absolute Gasteiger partial charge is 0.303 e. The van der Waals surface area contributed by atoms with E-state index in [1.165, 1.54) is 0 Å². The first kappa shape index (κ1) is 7.71. The average molecular weight is 156 g/mol. The van der Waals surface area contributed by atoms with Crippen molar-refractivity contribution in [3.8, 4) is 0 Å². The van der Waals surface area contributed by atoms with E-state index in [-0.39, 0.29) is 18.7 Å². The van der Waals surface area contributed by atoms with E-state index in [2.05, 4.69) is 10.5 Å². The molecule has 1 amide bonds. The van der Waals surface area contributed by atoms with Gasteiger partial charge in [0.25, 0.3) is 0 Å². The van der Waals surface area contributed by atoms with Crippen molar-refractivity contribution in [3.63, 3.8) is 0 Å². The summed E-state index contributed by atoms with van der Waals surface area (Å²) in [7, 11) is 0. The zero-order chi connectivity index (χ0) is 8.27. The Balaban J connectivity index is 2.28. The van der Waals surface area contributed by atoms with Gasteiger partial charge in [0.15, 0.2) is 0 Å². The summed E-state index contributed by atoms with van der Waals surface area (Å²) in [5, 5.41) is 11.9. The van der Waals surface area contributed by atoms with Crippen LogP contribution in [-0.2, 0) is 9.59 Å². The maximum Gasteiger partial charge on any atom is 0.303 e. The first-order valence-corrected chi connectivity index (χ1v) is 3.24. The van der Waals surface area contributed by atoms with Crippen molar-refractivity contribution in [2.75, 3.05) is 0 Å². The molecule has 0 fully saturated rings. The molecule has 11 heavy (non-hydrogen) atoms. The van der Waals surface area contributed by atoms with Gasteiger partial charge in [-0.15, -0.1) is 0 Å². The minimum absolute atomic E-state index is 0.0355. The molecule has 1 rings (SSSR count). The molecule has 1 heterocycles. The van der Waals surface area contributed by atoms with E-state index in [0.29, 0.717) is 12.1 Å². The van der Waals surface area contributed by atoms with Crippen LogP contribution in [0.5, 0.6) is 0 Å². The lowest BCUT2D eigenvalue weighted by Crippen LogP contribution is -2.09. The molecule has 0 radical (unpaired) electrons. The van der Waals surface area contributed by atoms with Crippen LogP contribution in [0.25, 0.3) is 0 Å². The molecule has 0 aromatic heterocycles. The molecule has 0 unspecified atom stereocenters. The largest absolute Gasteiger partial charge is 0.481 e. The van der Waals surface area contributed by atoms with Gasteiger partial charge in [0, 0.05) is 5.71 Å². The van der Waals surface area contributed by atoms with Crippen LogP contribution >= 0.6 is 0 Å². The number of nitrogens with zero attached hydrogens (tertiary/aromatic N) is 1. The summed E-state index contributed by atoms with van der Waals surface area (Å²) in [5.74, 6) is -1.03. The van der Waals surface area contributed by atoms with Crippen LogP contribution < -0.4 is 5.43 Å². The Labute approximate surface area is 63.1 Å². The standard InChI is InChI=1S/C6H8N2O3/c9-5-3-4(7-8-5)1-2-6(10)11/h1-3H2,(H,8,9)(H,10,11). The minimum atomic E-state index is -0.868. The average Bonchev–Trinajstić information content (AvgIpc) is 2.31. The molecule has 0 saturated carbocycles. The van der Waals surface area contributed by atoms with Crippen LogP contribution in [0.3, 0.4) is 0 Å². The maximum absolute atomic E-state index is 10.5. The fourth-order valence-corrected chi connectivity index (χ4v) is 0.801. The summed E-state index contributed by atoms with van der Waals surface area (Å²) < 4.78 is 0. The molecular weight excluding hydrogens is 148 g/mol. The van der Waals surface area contributed by atoms with E-state index in [9.17, 15) is 9.59 Å². The van der Waals surface area contributed by atoms with Crippen molar-refractivity contribution in [2.24, 2.45) is 5.10 Å². The highest BCUT2D eigenvalue weighted by molar-refractivity contribution is 6.05. The van der Waals surface area contributed by atoms with Crippen molar-refractivity contribution in [3.05, 3.63) is 0 Å². The second kappa shape index (κ2) is 3.14. The molecule has 0 saturated heterocycles. The van der Waals surface area contributed by atoms with Crippen LogP contribution in [0.1, 0.15) is 19.3 Å². The van der Waals surface area contributed by atoms with Crippen LogP contribution in [0, 0.1) is 0 Å². The van der Waals surface area contributed by atoms with Gasteiger partial charge in [0.1, 0.15) is 0 Å². The SMILES string of the molecule is O=C(O)CCC1=NNC(=O)C1. The third kappa shape index (κ3) is 2.37. The van der Waals surface area contributed by atoms with E-state index in [0.717, 1.165) is 0 Å². The van der Waals surface area contributed by atoms with Crippen molar-refractivity contribution in [1.82, 2.24) is 5.43 Å². The summed E-state index contributed by atoms with van der Waals surface area (Å²) in [6.45, 7) is 0. The number of aliphatic carboxylic acids is 1. The lowest BCUT2D eigenvalue weighted by molar-refractivity contribution is -0.136. The first-order chi connectivity index (χ1) is 5.18. The maximum atomic E-state index is 10.5. The highest BCUT2D eigenvalue weighted by Crippen LogP contribution is 2.02. The highest BCUT2D eigenvalue weighted by atomic mass is 16.4. The van der Waals surface area contributed by atoms with Gasteiger partial charge in [0.05, 0.1) is 12.8 Å². The number of rotatable bonds is 3. The Morgan fingerprint density at radius 2 is 2.45 bits per heavy atom. The normalized spacial score (nSPS) is 16.0. The van der Waals surface area contributed by atoms with Crippen molar-refractivity contribution >= 4 is 17.6 Å². The number of carbonyl (C=O) groups excluding carboxylic acids is 1. The van der Waals surface area contributed by atoms with Crippen LogP contribution in [0.4, 0.5) is 0 Å². The number of hydrazone groups is 1. The van der Waals surface area contributed by atoms with Gasteiger partial charge in [-0.3, -0.25) is 9.59 Å². The summed E-state index contributed by atoms with van der Waals surface area (Å²) in [4.78, 5) is 20.6. The lowest BCUT2D eigenvalue weighted by Gasteiger charge is -1.91. The summed E-state index contributed by atoms with van der Waals surface area (Å²) in [6, 6.07) is 0. The van der Waals surface area contributed by atoms with Gasteiger partial charge in [-0.05, 0) is 6.42 Å². The number of carbonyl (C=O) groups is 2. The van der Waals surface area contributed by atoms with E-state index < -0.39 is 5.97 Å². The minimum Gasteiger partial charge on any atom is -0.481 e. The molecular formula is C6H8N2O3. The summed E-state index contributed by atoms with van der Waals surface area (Å²) in [5.41, 5.74) is 2.87. The third-order valence-corrected chi connectivity index (χ3v) is 1.33. The number of amides is 1. The second-order valence-corrected chi connectivity index (χ2v) is 2.28. The van der Waals surface area contributed by atoms with Gasteiger partial charge in [-0.25, -0.2) is 5.43 Å². The van der Waals surface area contributed by atoms with E-state index >= 15 is 0 Å². The lowest BCUT2D eigenvalue weighted by atomic mass is 10.1. The molecule has 0 spiro atoms. The van der Waals surface area contributed by atoms with Gasteiger partial charge >= 0.3 is 5.97 Å². The van der Waals surface area contributed by atoms with Gasteiger partial charge in [-0.2, -0.15) is 5.10 Å². The fraction of sp³-hybridized carbons (Fsp3) is 0.500. The topological polar surface area (TPSA) is 78.8 Å². The molecule has 0 aliphatic carbocycles. The van der Waals surface area contributed by atoms with Gasteiger partial charge in [0.2, 0.25) is 5.91 Å². The summed E-state index contributed by atoms with van der Waals surface area (Å²) in [6.07, 6.45) is 0.634. The zero-order valence-electron chi connectivity index (χ0n) is 5.83. The Hall–Kier alpha value is -1.39. The monoisotopic (exact) mass is 156 g/mol. The molecule has 1 aliphatic heterocycles. The first-order valence-electron chi connectivity index (χ1n) is 3.24. The highest BCUT2D eigenvalue weighted by Gasteiger charge is 2.14. The molecule has 5 nitrogen and oxygen atoms in total. The number of hydrogen-bond donors (Lipinski definition) is 2. The van der Waals surface area contributed by atoms with E-state index in [4.69, 9.17) is 5.11 Å². The van der Waals surface area contributed by atoms with E-state index in [1.807, 2.05) is 0 Å².